The number of sulfonamides is 2. The van der Waals surface area contributed by atoms with Crippen molar-refractivity contribution in [3.63, 3.8) is 0 Å². The number of benzene rings is 1. The third-order valence-electron chi connectivity index (χ3n) is 5.31. The number of alkyl halides is 1. The molecule has 1 aromatic carbocycles. The number of aromatic nitrogens is 4. The molecule has 1 aromatic heterocycles. The number of halogens is 1. The second-order valence-electron chi connectivity index (χ2n) is 7.60. The lowest BCUT2D eigenvalue weighted by Gasteiger charge is -2.37. The summed E-state index contributed by atoms with van der Waals surface area (Å²) in [4.78, 5) is 0.149. The molecule has 1 saturated heterocycles. The van der Waals surface area contributed by atoms with Crippen LogP contribution in [0, 0.1) is 0 Å². The van der Waals surface area contributed by atoms with Gasteiger partial charge in [-0.05, 0) is 17.3 Å². The van der Waals surface area contributed by atoms with Crippen molar-refractivity contribution in [1.29, 1.82) is 0 Å². The summed E-state index contributed by atoms with van der Waals surface area (Å²) < 4.78 is 67.6. The molecule has 0 unspecified atom stereocenters. The zero-order chi connectivity index (χ0) is 24.4. The Kier molecular flexibility index (Phi) is 7.32. The third kappa shape index (κ3) is 5.45. The summed E-state index contributed by atoms with van der Waals surface area (Å²) in [6.07, 6.45) is -1.29. The Morgan fingerprint density at radius 3 is 2.45 bits per heavy atom. The van der Waals surface area contributed by atoms with E-state index in [9.17, 15) is 31.4 Å². The van der Waals surface area contributed by atoms with Crippen LogP contribution in [0.5, 0.6) is 0 Å². The predicted molar refractivity (Wildman–Crippen MR) is 114 cm³/mol. The number of H-pyrrole nitrogens is 1. The molecule has 2 aromatic rings. The van der Waals surface area contributed by atoms with Crippen LogP contribution in [0.25, 0.3) is 11.4 Å². The zero-order valence-electron chi connectivity index (χ0n) is 17.3. The molecule has 2 heterocycles. The van der Waals surface area contributed by atoms with Crippen molar-refractivity contribution < 1.29 is 31.4 Å². The van der Waals surface area contributed by atoms with E-state index in [0.717, 1.165) is 6.07 Å². The Morgan fingerprint density at radius 1 is 1.27 bits per heavy atom. The van der Waals surface area contributed by atoms with E-state index >= 15 is 0 Å². The van der Waals surface area contributed by atoms with Gasteiger partial charge in [0.1, 0.15) is 15.5 Å². The first-order valence-electron chi connectivity index (χ1n) is 9.78. The van der Waals surface area contributed by atoms with Crippen LogP contribution in [-0.2, 0) is 20.0 Å². The van der Waals surface area contributed by atoms with Gasteiger partial charge in [-0.25, -0.2) is 31.1 Å². The first-order chi connectivity index (χ1) is 15.4. The largest absolute Gasteiger partial charge is 0.393 e. The van der Waals surface area contributed by atoms with Crippen LogP contribution < -0.4 is 20.5 Å². The number of piperidine rings is 1. The number of nitrogens with two attached hydrogens (primary N) is 2. The molecular formula is C16H25FN8O6S2. The molecule has 0 aliphatic carbocycles. The Balaban J connectivity index is 2.18. The van der Waals surface area contributed by atoms with Gasteiger partial charge in [-0.3, -0.25) is 0 Å². The summed E-state index contributed by atoms with van der Waals surface area (Å²) in [6.45, 7) is -1.15. The summed E-state index contributed by atoms with van der Waals surface area (Å²) in [7, 11) is -9.16. The number of primary sulfonamides is 1. The molecule has 1 fully saturated rings. The van der Waals surface area contributed by atoms with E-state index in [0.29, 0.717) is 0 Å². The van der Waals surface area contributed by atoms with Crippen LogP contribution in [0.1, 0.15) is 12.8 Å². The summed E-state index contributed by atoms with van der Waals surface area (Å²) in [5.41, 5.74) is 3.47. The van der Waals surface area contributed by atoms with Gasteiger partial charge in [0.25, 0.3) is 0 Å². The van der Waals surface area contributed by atoms with Crippen molar-refractivity contribution >= 4 is 25.7 Å². The van der Waals surface area contributed by atoms with Crippen LogP contribution >= 0.6 is 0 Å². The van der Waals surface area contributed by atoms with Gasteiger partial charge >= 0.3 is 0 Å². The molecule has 1 aliphatic rings. The zero-order valence-corrected chi connectivity index (χ0v) is 19.0. The normalized spacial score (nSPS) is 17.8. The SMILES string of the molecule is NC[C@@H](O)CNS(=O)(=O)c1ccc(N2CCC(F)(CO)CC2)c(-c2nn[nH]n2)c1S(N)(=O)=O. The van der Waals surface area contributed by atoms with Gasteiger partial charge in [-0.15, -0.1) is 10.2 Å². The quantitative estimate of drug-likeness (QED) is 0.206. The number of hydrogen-bond acceptors (Lipinski definition) is 11. The number of anilines is 1. The van der Waals surface area contributed by atoms with Crippen molar-refractivity contribution in [2.75, 3.05) is 37.7 Å². The van der Waals surface area contributed by atoms with Gasteiger partial charge in [0.05, 0.1) is 18.3 Å². The van der Waals surface area contributed by atoms with Crippen LogP contribution in [-0.4, -0.2) is 92.2 Å². The summed E-state index contributed by atoms with van der Waals surface area (Å²) in [6, 6.07) is 2.37. The van der Waals surface area contributed by atoms with Crippen molar-refractivity contribution in [3.8, 4) is 11.4 Å². The van der Waals surface area contributed by atoms with Crippen LogP contribution in [0.15, 0.2) is 21.9 Å². The van der Waals surface area contributed by atoms with Gasteiger partial charge < -0.3 is 20.8 Å². The minimum Gasteiger partial charge on any atom is -0.393 e. The lowest BCUT2D eigenvalue weighted by Crippen LogP contribution is -2.44. The van der Waals surface area contributed by atoms with Gasteiger partial charge in [-0.1, -0.05) is 0 Å². The second kappa shape index (κ2) is 9.53. The molecule has 0 amide bonds. The van der Waals surface area contributed by atoms with Crippen molar-refractivity contribution in [2.24, 2.45) is 10.9 Å². The highest BCUT2D eigenvalue weighted by Gasteiger charge is 2.37. The fourth-order valence-electron chi connectivity index (χ4n) is 3.47. The van der Waals surface area contributed by atoms with Crippen LogP contribution in [0.4, 0.5) is 10.1 Å². The summed E-state index contributed by atoms with van der Waals surface area (Å²) >= 11 is 0. The predicted octanol–water partition coefficient (Wildman–Crippen LogP) is -2.59. The highest BCUT2D eigenvalue weighted by atomic mass is 32.2. The average Bonchev–Trinajstić information content (AvgIpc) is 3.31. The monoisotopic (exact) mass is 508 g/mol. The number of rotatable bonds is 9. The minimum absolute atomic E-state index is 0.0432. The van der Waals surface area contributed by atoms with Crippen molar-refractivity contribution in [2.45, 2.75) is 34.4 Å². The van der Waals surface area contributed by atoms with E-state index < -0.39 is 54.8 Å². The topological polar surface area (TPSA) is 231 Å². The molecular weight excluding hydrogens is 483 g/mol. The molecule has 0 spiro atoms. The maximum absolute atomic E-state index is 14.5. The molecule has 0 bridgehead atoms. The molecule has 3 rings (SSSR count). The molecule has 14 nitrogen and oxygen atoms in total. The van der Waals surface area contributed by atoms with Crippen LogP contribution in [0.3, 0.4) is 0 Å². The highest BCUT2D eigenvalue weighted by molar-refractivity contribution is 7.92. The van der Waals surface area contributed by atoms with E-state index in [4.69, 9.17) is 10.9 Å². The molecule has 33 heavy (non-hydrogen) atoms. The van der Waals surface area contributed by atoms with Crippen molar-refractivity contribution in [1.82, 2.24) is 25.3 Å². The number of aliphatic hydroxyl groups is 2. The third-order valence-corrected chi connectivity index (χ3v) is 7.90. The first-order valence-corrected chi connectivity index (χ1v) is 12.8. The highest BCUT2D eigenvalue weighted by Crippen LogP contribution is 2.40. The van der Waals surface area contributed by atoms with E-state index in [1.807, 2.05) is 0 Å². The average molecular weight is 509 g/mol. The maximum Gasteiger partial charge on any atom is 0.242 e. The molecule has 8 N–H and O–H groups in total. The van der Waals surface area contributed by atoms with E-state index in [1.54, 1.807) is 4.90 Å². The van der Waals surface area contributed by atoms with E-state index in [1.165, 1.54) is 6.07 Å². The lowest BCUT2D eigenvalue weighted by molar-refractivity contribution is 0.0481. The molecule has 0 radical (unpaired) electrons. The van der Waals surface area contributed by atoms with E-state index in [-0.39, 0.29) is 49.6 Å². The number of aliphatic hydroxyl groups excluding tert-OH is 2. The van der Waals surface area contributed by atoms with Gasteiger partial charge in [0.15, 0.2) is 0 Å². The molecule has 1 aliphatic heterocycles. The standard InChI is InChI=1S/C16H25FN8O6S2/c17-16(9-26)3-5-25(6-4-16)11-1-2-12(33(30,31)20-8-10(27)7-18)14(32(19,28)29)13(11)15-21-23-24-22-15/h1-2,10,20,26-27H,3-9,18H2,(H2,19,28,29)(H,21,22,23,24)/t10-/m1/s1. The van der Waals surface area contributed by atoms with Gasteiger partial charge in [0.2, 0.25) is 25.9 Å². The number of hydrogen-bond donors (Lipinski definition) is 6. The van der Waals surface area contributed by atoms with Gasteiger partial charge in [-0.2, -0.15) is 5.21 Å². The summed E-state index contributed by atoms with van der Waals surface area (Å²) in [5.74, 6) is -0.243. The molecule has 1 atom stereocenters. The summed E-state index contributed by atoms with van der Waals surface area (Å²) in [5, 5.41) is 37.5. The Bertz CT molecular complexity index is 1180. The Labute approximate surface area is 189 Å². The number of nitrogens with zero attached hydrogens (tertiary/aromatic N) is 4. The van der Waals surface area contributed by atoms with Crippen molar-refractivity contribution in [3.05, 3.63) is 12.1 Å². The fourth-order valence-corrected chi connectivity index (χ4v) is 6.14. The molecule has 184 valence electrons. The van der Waals surface area contributed by atoms with E-state index in [2.05, 4.69) is 25.3 Å². The molecule has 0 saturated carbocycles. The molecule has 17 heteroatoms. The Hall–Kier alpha value is -2.28. The number of tetrazole rings is 1. The second-order valence-corrected chi connectivity index (χ2v) is 10.8. The minimum atomic E-state index is -4.67. The number of nitrogens with one attached hydrogen (secondary N) is 2. The number of aromatic amines is 1. The Morgan fingerprint density at radius 2 is 1.94 bits per heavy atom. The fraction of sp³-hybridized carbons (Fsp3) is 0.562. The maximum atomic E-state index is 14.5. The smallest absolute Gasteiger partial charge is 0.242 e. The van der Waals surface area contributed by atoms with Crippen LogP contribution in [0.2, 0.25) is 0 Å². The van der Waals surface area contributed by atoms with Gasteiger partial charge in [0, 0.05) is 44.7 Å². The lowest BCUT2D eigenvalue weighted by atomic mass is 9.93. The first kappa shape index (κ1) is 25.3.